The number of ether oxygens (including phenoxy) is 1. The maximum Gasteiger partial charge on any atom is 0.244 e. The van der Waals surface area contributed by atoms with Crippen LogP contribution in [0.5, 0.6) is 5.75 Å². The first kappa shape index (κ1) is 21.8. The molecule has 28 heavy (non-hydrogen) atoms. The molecule has 0 bridgehead atoms. The van der Waals surface area contributed by atoms with E-state index >= 15 is 0 Å². The molecule has 2 atom stereocenters. The van der Waals surface area contributed by atoms with Crippen molar-refractivity contribution in [1.82, 2.24) is 5.32 Å². The van der Waals surface area contributed by atoms with Gasteiger partial charge in [0, 0.05) is 5.56 Å². The number of amides is 1. The molecule has 152 valence electrons. The van der Waals surface area contributed by atoms with Crippen LogP contribution >= 0.6 is 0 Å². The van der Waals surface area contributed by atoms with Crippen LogP contribution in [-0.4, -0.2) is 33.7 Å². The molecule has 0 aliphatic carbocycles. The molecule has 0 aliphatic rings. The quantitative estimate of drug-likeness (QED) is 0.768. The fourth-order valence-corrected chi connectivity index (χ4v) is 4.27. The summed E-state index contributed by atoms with van der Waals surface area (Å²) < 4.78 is 31.4. The zero-order chi connectivity index (χ0) is 21.1. The molecule has 0 radical (unpaired) electrons. The molecule has 0 aromatic heterocycles. The monoisotopic (exact) mass is 404 g/mol. The first-order valence-electron chi connectivity index (χ1n) is 9.06. The number of para-hydroxylation sites is 1. The molecule has 0 spiro atoms. The van der Waals surface area contributed by atoms with Crippen LogP contribution in [0.2, 0.25) is 0 Å². The van der Waals surface area contributed by atoms with Crippen LogP contribution in [0.3, 0.4) is 0 Å². The number of carbonyl (C=O) groups is 1. The maximum atomic E-state index is 12.9. The minimum Gasteiger partial charge on any atom is -0.496 e. The van der Waals surface area contributed by atoms with Gasteiger partial charge >= 0.3 is 0 Å². The van der Waals surface area contributed by atoms with Gasteiger partial charge < -0.3 is 10.1 Å². The summed E-state index contributed by atoms with van der Waals surface area (Å²) >= 11 is 0. The lowest BCUT2D eigenvalue weighted by molar-refractivity contribution is -0.122. The molecule has 7 heteroatoms. The minimum absolute atomic E-state index is 0.340. The Morgan fingerprint density at radius 3 is 2.29 bits per heavy atom. The summed E-state index contributed by atoms with van der Waals surface area (Å²) in [5.74, 6) is 0.277. The lowest BCUT2D eigenvalue weighted by atomic mass is 10.1. The van der Waals surface area contributed by atoms with Gasteiger partial charge in [0.25, 0.3) is 0 Å². The predicted molar refractivity (Wildman–Crippen MR) is 112 cm³/mol. The third-order valence-corrected chi connectivity index (χ3v) is 6.04. The standard InChI is InChI=1S/C21H28N2O4S/c1-14-11-12-18(13-15(14)2)23(28(6,25)26)17(4)21(24)22-16(3)19-9-7-8-10-20(19)27-5/h7-13,16-17H,1-6H3,(H,22,24)/t16-,17-/m0/s1. The van der Waals surface area contributed by atoms with Gasteiger partial charge in [-0.3, -0.25) is 9.10 Å². The average molecular weight is 405 g/mol. The highest BCUT2D eigenvalue weighted by molar-refractivity contribution is 7.92. The number of nitrogens with one attached hydrogen (secondary N) is 1. The molecular formula is C21H28N2O4S. The Balaban J connectivity index is 2.30. The van der Waals surface area contributed by atoms with Crippen LogP contribution in [0.4, 0.5) is 5.69 Å². The van der Waals surface area contributed by atoms with E-state index in [4.69, 9.17) is 4.74 Å². The molecule has 0 heterocycles. The number of aryl methyl sites for hydroxylation is 2. The maximum absolute atomic E-state index is 12.9. The molecular weight excluding hydrogens is 376 g/mol. The van der Waals surface area contributed by atoms with Gasteiger partial charge in [-0.15, -0.1) is 0 Å². The van der Waals surface area contributed by atoms with Gasteiger partial charge in [0.2, 0.25) is 15.9 Å². The SMILES string of the molecule is COc1ccccc1[C@H](C)NC(=O)[C@H](C)N(c1ccc(C)c(C)c1)S(C)(=O)=O. The van der Waals surface area contributed by atoms with Gasteiger partial charge in [0.1, 0.15) is 11.8 Å². The molecule has 6 nitrogen and oxygen atoms in total. The van der Waals surface area contributed by atoms with Crippen molar-refractivity contribution >= 4 is 21.6 Å². The Labute approximate surface area is 167 Å². The molecule has 0 fully saturated rings. The summed E-state index contributed by atoms with van der Waals surface area (Å²) in [6, 6.07) is 11.5. The number of sulfonamides is 1. The molecule has 2 aromatic rings. The molecule has 1 amide bonds. The summed E-state index contributed by atoms with van der Waals surface area (Å²) in [5.41, 5.74) is 3.31. The van der Waals surface area contributed by atoms with E-state index in [1.165, 1.54) is 0 Å². The van der Waals surface area contributed by atoms with E-state index in [9.17, 15) is 13.2 Å². The highest BCUT2D eigenvalue weighted by Gasteiger charge is 2.30. The summed E-state index contributed by atoms with van der Waals surface area (Å²) in [4.78, 5) is 12.9. The van der Waals surface area contributed by atoms with Crippen LogP contribution in [0.1, 0.15) is 36.6 Å². The number of rotatable bonds is 7. The number of hydrogen-bond acceptors (Lipinski definition) is 4. The molecule has 0 saturated carbocycles. The summed E-state index contributed by atoms with van der Waals surface area (Å²) in [6.07, 6.45) is 1.11. The molecule has 2 aromatic carbocycles. The molecule has 0 saturated heterocycles. The van der Waals surface area contributed by atoms with Gasteiger partial charge in [-0.2, -0.15) is 0 Å². The third kappa shape index (κ3) is 4.84. The van der Waals surface area contributed by atoms with Crippen molar-refractivity contribution in [3.63, 3.8) is 0 Å². The van der Waals surface area contributed by atoms with Crippen molar-refractivity contribution in [2.75, 3.05) is 17.7 Å². The van der Waals surface area contributed by atoms with Crippen molar-refractivity contribution < 1.29 is 17.9 Å². The Morgan fingerprint density at radius 1 is 1.07 bits per heavy atom. The first-order chi connectivity index (χ1) is 13.1. The van der Waals surface area contributed by atoms with E-state index in [-0.39, 0.29) is 11.9 Å². The van der Waals surface area contributed by atoms with Crippen LogP contribution in [0.15, 0.2) is 42.5 Å². The third-order valence-electron chi connectivity index (χ3n) is 4.80. The minimum atomic E-state index is -3.66. The summed E-state index contributed by atoms with van der Waals surface area (Å²) in [5, 5.41) is 2.89. The number of carbonyl (C=O) groups excluding carboxylic acids is 1. The Kier molecular flexibility index (Phi) is 6.72. The number of nitrogens with zero attached hydrogens (tertiary/aromatic N) is 1. The van der Waals surface area contributed by atoms with E-state index in [2.05, 4.69) is 5.32 Å². The van der Waals surface area contributed by atoms with E-state index in [1.54, 1.807) is 26.2 Å². The number of hydrogen-bond donors (Lipinski definition) is 1. The largest absolute Gasteiger partial charge is 0.496 e. The second kappa shape index (κ2) is 8.65. The van der Waals surface area contributed by atoms with Crippen molar-refractivity contribution in [3.8, 4) is 5.75 Å². The predicted octanol–water partition coefficient (Wildman–Crippen LogP) is 3.34. The zero-order valence-electron chi connectivity index (χ0n) is 17.2. The van der Waals surface area contributed by atoms with Crippen LogP contribution < -0.4 is 14.4 Å². The topological polar surface area (TPSA) is 75.7 Å². The van der Waals surface area contributed by atoms with E-state index in [0.717, 1.165) is 27.3 Å². The molecule has 0 aliphatic heterocycles. The van der Waals surface area contributed by atoms with E-state index in [1.807, 2.05) is 51.1 Å². The summed E-state index contributed by atoms with van der Waals surface area (Å²) in [6.45, 7) is 7.28. The van der Waals surface area contributed by atoms with Gasteiger partial charge in [-0.25, -0.2) is 8.42 Å². The first-order valence-corrected chi connectivity index (χ1v) is 10.9. The molecule has 1 N–H and O–H groups in total. The lowest BCUT2D eigenvalue weighted by Crippen LogP contribution is -2.48. The Morgan fingerprint density at radius 2 is 1.71 bits per heavy atom. The fourth-order valence-electron chi connectivity index (χ4n) is 3.11. The van der Waals surface area contributed by atoms with Crippen molar-refractivity contribution in [1.29, 1.82) is 0 Å². The van der Waals surface area contributed by atoms with Crippen molar-refractivity contribution in [2.45, 2.75) is 39.8 Å². The second-order valence-corrected chi connectivity index (χ2v) is 8.84. The smallest absolute Gasteiger partial charge is 0.244 e. The van der Waals surface area contributed by atoms with Gasteiger partial charge in [-0.05, 0) is 57.0 Å². The fraction of sp³-hybridized carbons (Fsp3) is 0.381. The zero-order valence-corrected chi connectivity index (χ0v) is 18.0. The normalized spacial score (nSPS) is 13.5. The lowest BCUT2D eigenvalue weighted by Gasteiger charge is -2.30. The summed E-state index contributed by atoms with van der Waals surface area (Å²) in [7, 11) is -2.09. The molecule has 0 unspecified atom stereocenters. The van der Waals surface area contributed by atoms with Crippen molar-refractivity contribution in [3.05, 3.63) is 59.2 Å². The van der Waals surface area contributed by atoms with Crippen molar-refractivity contribution in [2.24, 2.45) is 0 Å². The van der Waals surface area contributed by atoms with Crippen LogP contribution in [0.25, 0.3) is 0 Å². The average Bonchev–Trinajstić information content (AvgIpc) is 2.63. The van der Waals surface area contributed by atoms with Crippen LogP contribution in [0, 0.1) is 13.8 Å². The Hall–Kier alpha value is -2.54. The van der Waals surface area contributed by atoms with E-state index in [0.29, 0.717) is 11.4 Å². The van der Waals surface area contributed by atoms with E-state index < -0.39 is 16.1 Å². The highest BCUT2D eigenvalue weighted by Crippen LogP contribution is 2.26. The second-order valence-electron chi connectivity index (χ2n) is 6.98. The highest BCUT2D eigenvalue weighted by atomic mass is 32.2. The number of methoxy groups -OCH3 is 1. The van der Waals surface area contributed by atoms with Gasteiger partial charge in [0.15, 0.2) is 0 Å². The van der Waals surface area contributed by atoms with Gasteiger partial charge in [-0.1, -0.05) is 24.3 Å². The molecule has 2 rings (SSSR count). The van der Waals surface area contributed by atoms with Gasteiger partial charge in [0.05, 0.1) is 25.1 Å². The van der Waals surface area contributed by atoms with Crippen LogP contribution in [-0.2, 0) is 14.8 Å². The Bertz CT molecular complexity index is 957. The number of anilines is 1. The number of benzene rings is 2.